The lowest BCUT2D eigenvalue weighted by Crippen LogP contribution is -2.15. The van der Waals surface area contributed by atoms with Gasteiger partial charge in [0, 0.05) is 35.1 Å². The number of nitrogens with one attached hydrogen (secondary N) is 2. The molecule has 0 fully saturated rings. The first-order valence-corrected chi connectivity index (χ1v) is 12.4. The van der Waals surface area contributed by atoms with Crippen LogP contribution in [0.5, 0.6) is 5.75 Å². The number of fused-ring (bicyclic) bond motifs is 1. The van der Waals surface area contributed by atoms with E-state index in [0.29, 0.717) is 18.2 Å². The number of hydrogen-bond donors (Lipinski definition) is 2. The summed E-state index contributed by atoms with van der Waals surface area (Å²) in [5.41, 5.74) is 5.10. The zero-order valence-electron chi connectivity index (χ0n) is 20.3. The number of amides is 1. The van der Waals surface area contributed by atoms with Crippen LogP contribution in [0.15, 0.2) is 91.1 Å². The Morgan fingerprint density at radius 3 is 2.65 bits per heavy atom. The van der Waals surface area contributed by atoms with Gasteiger partial charge in [0.1, 0.15) is 19.4 Å². The first-order valence-electron chi connectivity index (χ1n) is 12.0. The number of anilines is 2. The van der Waals surface area contributed by atoms with E-state index in [0.717, 1.165) is 45.2 Å². The highest BCUT2D eigenvalue weighted by Crippen LogP contribution is 2.28. The predicted octanol–water partition coefficient (Wildman–Crippen LogP) is 4.33. The number of carbonyl (C=O) groups excluding carboxylic acids is 1. The maximum absolute atomic E-state index is 12.4. The molecule has 0 aliphatic carbocycles. The van der Waals surface area contributed by atoms with E-state index >= 15 is 0 Å². The summed E-state index contributed by atoms with van der Waals surface area (Å²) in [6.07, 6.45) is 2.05. The Bertz CT molecular complexity index is 1540. The summed E-state index contributed by atoms with van der Waals surface area (Å²) in [5, 5.41) is 11.5. The van der Waals surface area contributed by atoms with Gasteiger partial charge in [-0.2, -0.15) is 9.61 Å². The zero-order chi connectivity index (χ0) is 25.6. The Labute approximate surface area is 220 Å². The second-order valence-electron chi connectivity index (χ2n) is 8.58. The van der Waals surface area contributed by atoms with Gasteiger partial charge in [-0.1, -0.05) is 60.1 Å². The van der Waals surface area contributed by atoms with Crippen LogP contribution < -0.4 is 20.8 Å². The van der Waals surface area contributed by atoms with Gasteiger partial charge in [-0.05, 0) is 41.4 Å². The van der Waals surface area contributed by atoms with Crippen LogP contribution in [0.3, 0.4) is 0 Å². The van der Waals surface area contributed by atoms with Crippen molar-refractivity contribution in [3.05, 3.63) is 102 Å². The molecule has 5 rings (SSSR count). The molecule has 0 atom stereocenters. The van der Waals surface area contributed by atoms with E-state index in [2.05, 4.69) is 15.7 Å². The average molecular weight is 510 g/mol. The van der Waals surface area contributed by atoms with Crippen molar-refractivity contribution in [2.24, 2.45) is 0 Å². The second-order valence-corrected chi connectivity index (χ2v) is 8.99. The van der Waals surface area contributed by atoms with Crippen molar-refractivity contribution < 1.29 is 9.53 Å². The summed E-state index contributed by atoms with van der Waals surface area (Å²) >= 11 is 6.45. The standard InChI is InChI=1S/C28H25BClN5O2/c29-23-18-32-35-26(16-25(34-28(23)35)22-11-4-5-12-24(22)30)31-17-19-7-6-8-20(15-19)33-27(36)13-14-37-21-9-2-1-3-10-21/h1-12,15-16,18,31H,13-14,17,29H2,(H,33,36). The first-order chi connectivity index (χ1) is 18.1. The van der Waals surface area contributed by atoms with Crippen LogP contribution in [0.4, 0.5) is 11.5 Å². The Hall–Kier alpha value is -4.30. The molecule has 0 aliphatic heterocycles. The van der Waals surface area contributed by atoms with E-state index in [1.54, 1.807) is 10.7 Å². The third-order valence-electron chi connectivity index (χ3n) is 5.82. The number of hydrogen-bond acceptors (Lipinski definition) is 5. The molecule has 9 heteroatoms. The summed E-state index contributed by atoms with van der Waals surface area (Å²) < 4.78 is 7.40. The molecule has 3 aromatic carbocycles. The summed E-state index contributed by atoms with van der Waals surface area (Å²) in [7, 11) is 1.98. The number of para-hydroxylation sites is 1. The molecule has 0 saturated heterocycles. The Morgan fingerprint density at radius 2 is 1.81 bits per heavy atom. The zero-order valence-corrected chi connectivity index (χ0v) is 21.1. The molecule has 2 heterocycles. The minimum Gasteiger partial charge on any atom is -0.493 e. The van der Waals surface area contributed by atoms with Crippen LogP contribution in [-0.2, 0) is 11.3 Å². The normalized spacial score (nSPS) is 10.8. The largest absolute Gasteiger partial charge is 0.493 e. The molecule has 0 unspecified atom stereocenters. The van der Waals surface area contributed by atoms with Crippen molar-refractivity contribution in [2.75, 3.05) is 17.2 Å². The Kier molecular flexibility index (Phi) is 7.37. The van der Waals surface area contributed by atoms with Gasteiger partial charge in [-0.15, -0.1) is 0 Å². The number of aromatic nitrogens is 3. The Morgan fingerprint density at radius 1 is 1.00 bits per heavy atom. The maximum Gasteiger partial charge on any atom is 0.227 e. The molecule has 1 amide bonds. The van der Waals surface area contributed by atoms with E-state index < -0.39 is 0 Å². The van der Waals surface area contributed by atoms with Crippen molar-refractivity contribution in [3.8, 4) is 17.0 Å². The summed E-state index contributed by atoms with van der Waals surface area (Å²) in [4.78, 5) is 17.2. The monoisotopic (exact) mass is 509 g/mol. The van der Waals surface area contributed by atoms with Crippen molar-refractivity contribution in [1.82, 2.24) is 14.6 Å². The van der Waals surface area contributed by atoms with Crippen molar-refractivity contribution in [3.63, 3.8) is 0 Å². The molecule has 0 aliphatic rings. The molecule has 0 spiro atoms. The lowest BCUT2D eigenvalue weighted by atomic mass is 10.0. The van der Waals surface area contributed by atoms with Crippen LogP contribution in [0.2, 0.25) is 5.02 Å². The fourth-order valence-corrected chi connectivity index (χ4v) is 4.19. The summed E-state index contributed by atoms with van der Waals surface area (Å²) in [6.45, 7) is 0.840. The van der Waals surface area contributed by atoms with Gasteiger partial charge in [0.2, 0.25) is 5.91 Å². The third kappa shape index (κ3) is 5.93. The van der Waals surface area contributed by atoms with Crippen LogP contribution in [0, 0.1) is 0 Å². The second kappa shape index (κ2) is 11.2. The van der Waals surface area contributed by atoms with Gasteiger partial charge in [0.25, 0.3) is 0 Å². The van der Waals surface area contributed by atoms with Crippen LogP contribution in [-0.4, -0.2) is 35.0 Å². The van der Waals surface area contributed by atoms with Gasteiger partial charge in [-0.25, -0.2) is 4.98 Å². The third-order valence-corrected chi connectivity index (χ3v) is 6.15. The molecule has 37 heavy (non-hydrogen) atoms. The molecule has 5 aromatic rings. The predicted molar refractivity (Wildman–Crippen MR) is 151 cm³/mol. The van der Waals surface area contributed by atoms with E-state index in [-0.39, 0.29) is 12.3 Å². The SMILES string of the molecule is Bc1cnn2c(NCc3cccc(NC(=O)CCOc4ccccc4)c3)cc(-c3ccccc3Cl)nc12. The lowest BCUT2D eigenvalue weighted by Gasteiger charge is -2.13. The van der Waals surface area contributed by atoms with E-state index in [9.17, 15) is 4.79 Å². The minimum atomic E-state index is -0.103. The summed E-state index contributed by atoms with van der Waals surface area (Å²) in [5.74, 6) is 1.44. The van der Waals surface area contributed by atoms with Crippen molar-refractivity contribution >= 4 is 48.0 Å². The topological polar surface area (TPSA) is 80.5 Å². The molecular formula is C28H25BClN5O2. The highest BCUT2D eigenvalue weighted by Gasteiger charge is 2.13. The number of halogens is 1. The Balaban J connectivity index is 1.26. The highest BCUT2D eigenvalue weighted by molar-refractivity contribution is 6.36. The lowest BCUT2D eigenvalue weighted by molar-refractivity contribution is -0.116. The van der Waals surface area contributed by atoms with Crippen molar-refractivity contribution in [1.29, 1.82) is 0 Å². The number of rotatable bonds is 9. The van der Waals surface area contributed by atoms with Gasteiger partial charge in [-0.3, -0.25) is 4.79 Å². The molecule has 184 valence electrons. The highest BCUT2D eigenvalue weighted by atomic mass is 35.5. The molecule has 2 N–H and O–H groups in total. The molecule has 0 bridgehead atoms. The first kappa shape index (κ1) is 24.4. The quantitative estimate of drug-likeness (QED) is 0.289. The van der Waals surface area contributed by atoms with E-state index in [1.807, 2.05) is 92.8 Å². The van der Waals surface area contributed by atoms with Crippen molar-refractivity contribution in [2.45, 2.75) is 13.0 Å². The number of nitrogens with zero attached hydrogens (tertiary/aromatic N) is 3. The number of carbonyl (C=O) groups is 1. The molecule has 0 radical (unpaired) electrons. The number of ether oxygens (including phenoxy) is 1. The molecule has 7 nitrogen and oxygen atoms in total. The van der Waals surface area contributed by atoms with Crippen LogP contribution in [0.1, 0.15) is 12.0 Å². The van der Waals surface area contributed by atoms with E-state index in [4.69, 9.17) is 21.3 Å². The molecule has 2 aromatic heterocycles. The van der Waals surface area contributed by atoms with Gasteiger partial charge in [0.15, 0.2) is 5.65 Å². The summed E-state index contributed by atoms with van der Waals surface area (Å²) in [6, 6.07) is 26.8. The average Bonchev–Trinajstić information content (AvgIpc) is 3.29. The molecule has 0 saturated carbocycles. The fraction of sp³-hybridized carbons (Fsp3) is 0.107. The smallest absolute Gasteiger partial charge is 0.227 e. The molecular weight excluding hydrogens is 485 g/mol. The fourth-order valence-electron chi connectivity index (χ4n) is 3.96. The van der Waals surface area contributed by atoms with E-state index in [1.165, 1.54) is 0 Å². The van der Waals surface area contributed by atoms with Crippen LogP contribution >= 0.6 is 11.6 Å². The van der Waals surface area contributed by atoms with Gasteiger partial charge < -0.3 is 15.4 Å². The van der Waals surface area contributed by atoms with Crippen LogP contribution in [0.25, 0.3) is 16.9 Å². The number of benzene rings is 3. The maximum atomic E-state index is 12.4. The van der Waals surface area contributed by atoms with Gasteiger partial charge >= 0.3 is 0 Å². The minimum absolute atomic E-state index is 0.103. The van der Waals surface area contributed by atoms with Gasteiger partial charge in [0.05, 0.1) is 18.7 Å².